The van der Waals surface area contributed by atoms with Crippen LogP contribution in [0.4, 0.5) is 0 Å². The van der Waals surface area contributed by atoms with Crippen molar-refractivity contribution in [1.82, 2.24) is 19.6 Å². The molecule has 1 aromatic carbocycles. The monoisotopic (exact) mass is 741 g/mol. The van der Waals surface area contributed by atoms with Gasteiger partial charge in [-0.25, -0.2) is 0 Å². The van der Waals surface area contributed by atoms with Gasteiger partial charge in [0.05, 0.1) is 30.7 Å². The highest BCUT2D eigenvalue weighted by molar-refractivity contribution is 5.86. The van der Waals surface area contributed by atoms with Gasteiger partial charge < -0.3 is 29.1 Å². The zero-order chi connectivity index (χ0) is 39.4. The first-order valence-corrected chi connectivity index (χ1v) is 20.3. The van der Waals surface area contributed by atoms with Gasteiger partial charge in [0.1, 0.15) is 5.78 Å². The van der Waals surface area contributed by atoms with Crippen molar-refractivity contribution in [2.45, 2.75) is 130 Å². The van der Waals surface area contributed by atoms with Crippen LogP contribution in [-0.4, -0.2) is 128 Å². The van der Waals surface area contributed by atoms with Gasteiger partial charge in [-0.3, -0.25) is 19.2 Å². The Labute approximate surface area is 321 Å². The topological polar surface area (TPSA) is 99.7 Å². The van der Waals surface area contributed by atoms with Crippen molar-refractivity contribution < 1.29 is 28.7 Å². The number of amides is 3. The molecule has 300 valence electrons. The Hall–Kier alpha value is -2.82. The number of likely N-dealkylation sites (N-methyl/N-ethyl adjacent to an activating group) is 2. The zero-order valence-corrected chi connectivity index (χ0v) is 34.9. The maximum atomic E-state index is 14.3. The smallest absolute Gasteiger partial charge is 0.226 e. The Balaban J connectivity index is 1.74. The molecule has 10 heteroatoms. The summed E-state index contributed by atoms with van der Waals surface area (Å²) in [6.07, 6.45) is 3.96. The van der Waals surface area contributed by atoms with Gasteiger partial charge in [-0.1, -0.05) is 84.7 Å². The molecule has 0 saturated carbocycles. The Bertz CT molecular complexity index is 1310. The fraction of sp³-hybridized carbons (Fsp3) is 0.767. The van der Waals surface area contributed by atoms with E-state index in [1.807, 2.05) is 55.8 Å². The van der Waals surface area contributed by atoms with E-state index in [9.17, 15) is 19.2 Å². The van der Waals surface area contributed by atoms with Crippen molar-refractivity contribution in [3.05, 3.63) is 35.9 Å². The lowest BCUT2D eigenvalue weighted by Gasteiger charge is -2.41. The molecule has 0 radical (unpaired) electrons. The summed E-state index contributed by atoms with van der Waals surface area (Å²) >= 11 is 0. The summed E-state index contributed by atoms with van der Waals surface area (Å²) in [6, 6.07) is 9.83. The fourth-order valence-electron chi connectivity index (χ4n) is 8.80. The van der Waals surface area contributed by atoms with Crippen molar-refractivity contribution in [1.29, 1.82) is 0 Å². The van der Waals surface area contributed by atoms with E-state index in [0.29, 0.717) is 19.5 Å². The van der Waals surface area contributed by atoms with Crippen molar-refractivity contribution in [2.24, 2.45) is 29.6 Å². The lowest BCUT2D eigenvalue weighted by Crippen LogP contribution is -2.55. The Morgan fingerprint density at radius 1 is 0.868 bits per heavy atom. The number of carbonyl (C=O) groups is 4. The molecule has 0 aliphatic carbocycles. The quantitative estimate of drug-likeness (QED) is 0.163. The minimum absolute atomic E-state index is 0.0199. The van der Waals surface area contributed by atoms with Crippen LogP contribution in [0, 0.1) is 29.6 Å². The number of hydrogen-bond acceptors (Lipinski definition) is 7. The van der Waals surface area contributed by atoms with Crippen molar-refractivity contribution in [2.75, 3.05) is 54.5 Å². The number of rotatable bonds is 20. The number of ketones is 1. The second-order valence-corrected chi connectivity index (χ2v) is 16.5. The third-order valence-electron chi connectivity index (χ3n) is 12.5. The average molecular weight is 741 g/mol. The maximum Gasteiger partial charge on any atom is 0.226 e. The van der Waals surface area contributed by atoms with Crippen LogP contribution in [0.3, 0.4) is 0 Å². The van der Waals surface area contributed by atoms with Gasteiger partial charge in [0.25, 0.3) is 0 Å². The number of nitrogens with zero attached hydrogens (tertiary/aromatic N) is 4. The number of likely N-dealkylation sites (tertiary alicyclic amines) is 1. The van der Waals surface area contributed by atoms with Crippen molar-refractivity contribution in [3.8, 4) is 0 Å². The molecule has 3 amide bonds. The zero-order valence-electron chi connectivity index (χ0n) is 34.9. The summed E-state index contributed by atoms with van der Waals surface area (Å²) in [5, 5.41) is 0. The summed E-state index contributed by atoms with van der Waals surface area (Å²) in [5.74, 6) is -0.533. The Morgan fingerprint density at radius 3 is 2.09 bits per heavy atom. The van der Waals surface area contributed by atoms with E-state index in [1.165, 1.54) is 5.56 Å². The number of methoxy groups -OCH3 is 2. The predicted molar refractivity (Wildman–Crippen MR) is 211 cm³/mol. The highest BCUT2D eigenvalue weighted by Crippen LogP contribution is 2.32. The molecule has 2 aliphatic heterocycles. The average Bonchev–Trinajstić information content (AvgIpc) is 3.62. The molecule has 0 spiro atoms. The summed E-state index contributed by atoms with van der Waals surface area (Å²) in [6.45, 7) is 17.2. The number of benzene rings is 1. The van der Waals surface area contributed by atoms with Crippen molar-refractivity contribution in [3.63, 3.8) is 0 Å². The third kappa shape index (κ3) is 11.8. The predicted octanol–water partition coefficient (Wildman–Crippen LogP) is 5.96. The Morgan fingerprint density at radius 2 is 1.53 bits per heavy atom. The van der Waals surface area contributed by atoms with E-state index >= 15 is 0 Å². The highest BCUT2D eigenvalue weighted by atomic mass is 16.5. The number of Topliss-reactive ketones (excluding diaryl/α,β-unsaturated/α-hetero) is 1. The van der Waals surface area contributed by atoms with E-state index in [1.54, 1.807) is 19.1 Å². The first kappa shape index (κ1) is 44.6. The standard InChI is InChI=1S/C43H72N4O6/c1-12-30(5)41(45(9)43(51)35(29(3)4)26-39(49)46-23-22-44(8)28-31(46)6)38(52-10)27-40(50)47-21-17-20-36(47)42(53-11)32(7)37(48)25-33(13-2)24-34-18-15-14-16-19-34/h14-16,18-19,29-33,35-36,38,41-42H,12-13,17,20-28H2,1-11H3/t30-,31+,32-,33+,35-,36-,38+,41-,42+/m0/s1. The molecule has 0 aromatic heterocycles. The number of ether oxygens (including phenoxy) is 2. The van der Waals surface area contributed by atoms with Gasteiger partial charge in [0.15, 0.2) is 0 Å². The second-order valence-electron chi connectivity index (χ2n) is 16.5. The third-order valence-corrected chi connectivity index (χ3v) is 12.5. The maximum absolute atomic E-state index is 14.3. The number of piperazine rings is 1. The molecule has 0 bridgehead atoms. The molecule has 2 fully saturated rings. The van der Waals surface area contributed by atoms with Gasteiger partial charge in [-0.2, -0.15) is 0 Å². The van der Waals surface area contributed by atoms with E-state index < -0.39 is 18.1 Å². The van der Waals surface area contributed by atoms with E-state index in [0.717, 1.165) is 45.2 Å². The largest absolute Gasteiger partial charge is 0.379 e. The highest BCUT2D eigenvalue weighted by Gasteiger charge is 2.43. The molecule has 2 aliphatic rings. The summed E-state index contributed by atoms with van der Waals surface area (Å²) in [7, 11) is 7.14. The second kappa shape index (κ2) is 21.3. The lowest BCUT2D eigenvalue weighted by atomic mass is 9.84. The van der Waals surface area contributed by atoms with Crippen LogP contribution in [0.1, 0.15) is 99.0 Å². The number of carbonyl (C=O) groups excluding carboxylic acids is 4. The normalized spacial score (nSPS) is 22.2. The molecule has 3 rings (SSSR count). The molecule has 0 N–H and O–H groups in total. The van der Waals surface area contributed by atoms with Gasteiger partial charge in [-0.15, -0.1) is 0 Å². The molecule has 2 heterocycles. The molecule has 10 nitrogen and oxygen atoms in total. The van der Waals surface area contributed by atoms with Crippen LogP contribution in [0.15, 0.2) is 30.3 Å². The minimum atomic E-state index is -0.544. The van der Waals surface area contributed by atoms with E-state index in [-0.39, 0.29) is 78.1 Å². The Kier molecular flexibility index (Phi) is 17.9. The van der Waals surface area contributed by atoms with E-state index in [4.69, 9.17) is 9.47 Å². The summed E-state index contributed by atoms with van der Waals surface area (Å²) in [5.41, 5.74) is 1.24. The van der Waals surface area contributed by atoms with Gasteiger partial charge >= 0.3 is 0 Å². The van der Waals surface area contributed by atoms with Crippen LogP contribution < -0.4 is 0 Å². The number of hydrogen-bond donors (Lipinski definition) is 0. The lowest BCUT2D eigenvalue weighted by molar-refractivity contribution is -0.150. The molecule has 2 saturated heterocycles. The van der Waals surface area contributed by atoms with Crippen molar-refractivity contribution >= 4 is 23.5 Å². The molecule has 53 heavy (non-hydrogen) atoms. The summed E-state index contributed by atoms with van der Waals surface area (Å²) < 4.78 is 12.1. The van der Waals surface area contributed by atoms with Gasteiger partial charge in [0, 0.05) is 78.2 Å². The van der Waals surface area contributed by atoms with Gasteiger partial charge in [-0.05, 0) is 56.6 Å². The molecular formula is C43H72N4O6. The summed E-state index contributed by atoms with van der Waals surface area (Å²) in [4.78, 5) is 63.7. The molecule has 1 aromatic rings. The van der Waals surface area contributed by atoms with Crippen LogP contribution in [0.5, 0.6) is 0 Å². The molecular weight excluding hydrogens is 668 g/mol. The minimum Gasteiger partial charge on any atom is -0.379 e. The fourth-order valence-corrected chi connectivity index (χ4v) is 8.80. The van der Waals surface area contributed by atoms with Crippen LogP contribution >= 0.6 is 0 Å². The molecule has 9 atom stereocenters. The first-order valence-electron chi connectivity index (χ1n) is 20.3. The SMILES string of the molecule is CC[C@@H](CC(=O)[C@H](C)[C@@H](OC)[C@@H]1CCCN1C(=O)C[C@@H](OC)[C@H]([C@@H](C)CC)N(C)C(=O)[C@@H](CC(=O)N1CCN(C)C[C@H]1C)C(C)C)Cc1ccccc1. The van der Waals surface area contributed by atoms with Crippen LogP contribution in [-0.2, 0) is 35.1 Å². The van der Waals surface area contributed by atoms with Crippen LogP contribution in [0.25, 0.3) is 0 Å². The first-order chi connectivity index (χ1) is 25.2. The van der Waals surface area contributed by atoms with E-state index in [2.05, 4.69) is 51.8 Å². The van der Waals surface area contributed by atoms with Crippen LogP contribution in [0.2, 0.25) is 0 Å². The van der Waals surface area contributed by atoms with Gasteiger partial charge in [0.2, 0.25) is 17.7 Å². The molecule has 0 unspecified atom stereocenters.